The summed E-state index contributed by atoms with van der Waals surface area (Å²) in [4.78, 5) is 28.3. The Hall–Kier alpha value is -3.04. The van der Waals surface area contributed by atoms with E-state index in [1.165, 1.54) is 4.68 Å². The molecule has 1 fully saturated rings. The summed E-state index contributed by atoms with van der Waals surface area (Å²) in [5.41, 5.74) is 2.49. The average Bonchev–Trinajstić information content (AvgIpc) is 3.24. The van der Waals surface area contributed by atoms with Crippen molar-refractivity contribution in [2.75, 3.05) is 31.2 Å². The summed E-state index contributed by atoms with van der Waals surface area (Å²) in [6.45, 7) is 5.41. The molecule has 0 unspecified atom stereocenters. The molecule has 1 aromatic carbocycles. The second-order valence-electron chi connectivity index (χ2n) is 6.49. The number of ether oxygens (including phenoxy) is 1. The minimum atomic E-state index is -0.454. The van der Waals surface area contributed by atoms with Crippen molar-refractivity contribution in [3.63, 3.8) is 0 Å². The van der Waals surface area contributed by atoms with E-state index in [4.69, 9.17) is 4.74 Å². The van der Waals surface area contributed by atoms with Gasteiger partial charge in [0.15, 0.2) is 5.69 Å². The van der Waals surface area contributed by atoms with E-state index in [-0.39, 0.29) is 11.3 Å². The number of hydrogen-bond acceptors (Lipinski definition) is 7. The highest BCUT2D eigenvalue weighted by atomic mass is 32.1. The van der Waals surface area contributed by atoms with Crippen LogP contribution in [0.25, 0.3) is 10.8 Å². The van der Waals surface area contributed by atoms with Crippen LogP contribution in [0.2, 0.25) is 0 Å². The molecule has 2 aromatic heterocycles. The van der Waals surface area contributed by atoms with Crippen LogP contribution < -0.4 is 15.9 Å². The lowest BCUT2D eigenvalue weighted by atomic mass is 10.1. The Balaban J connectivity index is 1.51. The van der Waals surface area contributed by atoms with Crippen molar-refractivity contribution in [2.24, 2.45) is 5.10 Å². The lowest BCUT2D eigenvalue weighted by Gasteiger charge is -2.27. The quantitative estimate of drug-likeness (QED) is 0.513. The Labute approximate surface area is 171 Å². The number of hydrogen-bond donors (Lipinski definition) is 1. The zero-order chi connectivity index (χ0) is 20.2. The van der Waals surface area contributed by atoms with Crippen molar-refractivity contribution < 1.29 is 9.53 Å². The van der Waals surface area contributed by atoms with Gasteiger partial charge in [0.2, 0.25) is 0 Å². The minimum Gasteiger partial charge on any atom is -0.378 e. The Morgan fingerprint density at radius 1 is 1.24 bits per heavy atom. The standard InChI is InChI=1S/C20H21N5O3S/c1-2-25-20(27)16-6-4-3-5-15(16)18(23-25)19(26)22-21-13-14-7-8-17(29-14)24-9-11-28-12-10-24/h3-8,13H,2,9-12H2,1H3,(H,22,26). The zero-order valence-corrected chi connectivity index (χ0v) is 16.8. The van der Waals surface area contributed by atoms with Crippen molar-refractivity contribution in [1.82, 2.24) is 15.2 Å². The molecule has 0 atom stereocenters. The van der Waals surface area contributed by atoms with E-state index in [0.717, 1.165) is 36.2 Å². The maximum Gasteiger partial charge on any atom is 0.292 e. The van der Waals surface area contributed by atoms with Gasteiger partial charge in [-0.25, -0.2) is 10.1 Å². The molecule has 1 N–H and O–H groups in total. The van der Waals surface area contributed by atoms with Gasteiger partial charge in [-0.2, -0.15) is 10.2 Å². The van der Waals surface area contributed by atoms with Crippen molar-refractivity contribution in [3.05, 3.63) is 57.3 Å². The van der Waals surface area contributed by atoms with Crippen LogP contribution in [0, 0.1) is 0 Å². The molecule has 1 aliphatic rings. The molecule has 8 nitrogen and oxygen atoms in total. The number of fused-ring (bicyclic) bond motifs is 1. The number of aryl methyl sites for hydroxylation is 1. The van der Waals surface area contributed by atoms with E-state index in [9.17, 15) is 9.59 Å². The van der Waals surface area contributed by atoms with Gasteiger partial charge in [0.05, 0.1) is 29.8 Å². The molecule has 1 aliphatic heterocycles. The summed E-state index contributed by atoms with van der Waals surface area (Å²) in [6.07, 6.45) is 1.62. The van der Waals surface area contributed by atoms with Crippen LogP contribution in [0.15, 0.2) is 46.3 Å². The monoisotopic (exact) mass is 411 g/mol. The number of aromatic nitrogens is 2. The predicted octanol–water partition coefficient (Wildman–Crippen LogP) is 2.08. The number of amides is 1. The molecule has 0 radical (unpaired) electrons. The molecular weight excluding hydrogens is 390 g/mol. The summed E-state index contributed by atoms with van der Waals surface area (Å²) >= 11 is 1.61. The minimum absolute atomic E-state index is 0.180. The number of hydrazone groups is 1. The van der Waals surface area contributed by atoms with E-state index >= 15 is 0 Å². The zero-order valence-electron chi connectivity index (χ0n) is 16.0. The summed E-state index contributed by atoms with van der Waals surface area (Å²) in [5.74, 6) is -0.454. The highest BCUT2D eigenvalue weighted by Crippen LogP contribution is 2.25. The van der Waals surface area contributed by atoms with Gasteiger partial charge in [0.25, 0.3) is 11.5 Å². The molecule has 1 amide bonds. The van der Waals surface area contributed by atoms with Gasteiger partial charge in [-0.15, -0.1) is 11.3 Å². The number of rotatable bonds is 5. The number of thiophene rings is 1. The van der Waals surface area contributed by atoms with Crippen LogP contribution in [0.1, 0.15) is 22.3 Å². The SMILES string of the molecule is CCn1nc(C(=O)NN=Cc2ccc(N3CCOCC3)s2)c2ccccc2c1=O. The maximum atomic E-state index is 12.7. The number of carbonyl (C=O) groups is 1. The van der Waals surface area contributed by atoms with E-state index in [0.29, 0.717) is 17.3 Å². The highest BCUT2D eigenvalue weighted by molar-refractivity contribution is 7.17. The molecular formula is C20H21N5O3S. The molecule has 150 valence electrons. The van der Waals surface area contributed by atoms with Gasteiger partial charge in [-0.05, 0) is 25.1 Å². The van der Waals surface area contributed by atoms with Crippen LogP contribution in [0.3, 0.4) is 0 Å². The third-order valence-electron chi connectivity index (χ3n) is 4.68. The van der Waals surface area contributed by atoms with Crippen molar-refractivity contribution >= 4 is 39.2 Å². The largest absolute Gasteiger partial charge is 0.378 e. The van der Waals surface area contributed by atoms with Gasteiger partial charge in [-0.3, -0.25) is 9.59 Å². The Morgan fingerprint density at radius 2 is 2.00 bits per heavy atom. The molecule has 0 saturated carbocycles. The average molecular weight is 411 g/mol. The first-order valence-electron chi connectivity index (χ1n) is 9.43. The second kappa shape index (κ2) is 8.54. The number of morpholine rings is 1. The topological polar surface area (TPSA) is 88.8 Å². The smallest absolute Gasteiger partial charge is 0.292 e. The first-order chi connectivity index (χ1) is 14.2. The molecule has 0 aliphatic carbocycles. The van der Waals surface area contributed by atoms with Crippen LogP contribution in [-0.4, -0.2) is 48.2 Å². The fraction of sp³-hybridized carbons (Fsp3) is 0.300. The van der Waals surface area contributed by atoms with Gasteiger partial charge >= 0.3 is 0 Å². The first kappa shape index (κ1) is 19.3. The first-order valence-corrected chi connectivity index (χ1v) is 10.2. The molecule has 3 heterocycles. The predicted molar refractivity (Wildman–Crippen MR) is 114 cm³/mol. The van der Waals surface area contributed by atoms with Crippen molar-refractivity contribution in [2.45, 2.75) is 13.5 Å². The summed E-state index contributed by atoms with van der Waals surface area (Å²) in [6, 6.07) is 11.0. The van der Waals surface area contributed by atoms with Crippen LogP contribution in [-0.2, 0) is 11.3 Å². The molecule has 3 aromatic rings. The summed E-state index contributed by atoms with van der Waals surface area (Å²) in [5, 5.41) is 10.4. The van der Waals surface area contributed by atoms with E-state index in [1.54, 1.807) is 41.8 Å². The van der Waals surface area contributed by atoms with E-state index in [2.05, 4.69) is 20.5 Å². The number of anilines is 1. The number of nitrogens with zero attached hydrogens (tertiary/aromatic N) is 4. The van der Waals surface area contributed by atoms with Gasteiger partial charge in [0.1, 0.15) is 0 Å². The summed E-state index contributed by atoms with van der Waals surface area (Å²) in [7, 11) is 0. The van der Waals surface area contributed by atoms with Gasteiger partial charge in [0, 0.05) is 29.9 Å². The van der Waals surface area contributed by atoms with E-state index < -0.39 is 5.91 Å². The molecule has 0 bridgehead atoms. The lowest BCUT2D eigenvalue weighted by molar-refractivity contribution is 0.0949. The van der Waals surface area contributed by atoms with Crippen LogP contribution >= 0.6 is 11.3 Å². The molecule has 29 heavy (non-hydrogen) atoms. The molecule has 9 heteroatoms. The Bertz CT molecular complexity index is 1110. The summed E-state index contributed by atoms with van der Waals surface area (Å²) < 4.78 is 6.66. The van der Waals surface area contributed by atoms with E-state index in [1.807, 2.05) is 19.1 Å². The third kappa shape index (κ3) is 4.06. The molecule has 0 spiro atoms. The Morgan fingerprint density at radius 3 is 2.76 bits per heavy atom. The number of carbonyl (C=O) groups excluding carboxylic acids is 1. The fourth-order valence-corrected chi connectivity index (χ4v) is 4.12. The highest BCUT2D eigenvalue weighted by Gasteiger charge is 2.16. The maximum absolute atomic E-state index is 12.7. The normalized spacial score (nSPS) is 14.6. The molecule has 4 rings (SSSR count). The lowest BCUT2D eigenvalue weighted by Crippen LogP contribution is -2.35. The van der Waals surface area contributed by atoms with Crippen LogP contribution in [0.4, 0.5) is 5.00 Å². The third-order valence-corrected chi connectivity index (χ3v) is 5.76. The number of benzene rings is 1. The van der Waals surface area contributed by atoms with Gasteiger partial charge < -0.3 is 9.64 Å². The second-order valence-corrected chi connectivity index (χ2v) is 7.58. The van der Waals surface area contributed by atoms with Crippen molar-refractivity contribution in [3.8, 4) is 0 Å². The van der Waals surface area contributed by atoms with Crippen molar-refractivity contribution in [1.29, 1.82) is 0 Å². The van der Waals surface area contributed by atoms with Gasteiger partial charge in [-0.1, -0.05) is 18.2 Å². The van der Waals surface area contributed by atoms with Crippen LogP contribution in [0.5, 0.6) is 0 Å². The number of nitrogens with one attached hydrogen (secondary N) is 1. The fourth-order valence-electron chi connectivity index (χ4n) is 3.19. The Kier molecular flexibility index (Phi) is 5.68. The molecule has 1 saturated heterocycles.